The Labute approximate surface area is 192 Å². The van der Waals surface area contributed by atoms with E-state index < -0.39 is 46.8 Å². The zero-order valence-corrected chi connectivity index (χ0v) is 19.9. The van der Waals surface area contributed by atoms with Gasteiger partial charge in [0.25, 0.3) is 0 Å². The van der Waals surface area contributed by atoms with Crippen LogP contribution < -0.4 is 4.34 Å². The minimum absolute atomic E-state index is 0. The van der Waals surface area contributed by atoms with Gasteiger partial charge in [0.1, 0.15) is 24.6 Å². The number of anilines is 1. The molecule has 6 N–H and O–H groups in total. The van der Waals surface area contributed by atoms with Crippen LogP contribution in [0.1, 0.15) is 6.23 Å². The van der Waals surface area contributed by atoms with E-state index in [0.717, 1.165) is 0 Å². The molecule has 29 heavy (non-hydrogen) atoms. The van der Waals surface area contributed by atoms with Crippen molar-refractivity contribution < 1.29 is 47.6 Å². The van der Waals surface area contributed by atoms with E-state index in [4.69, 9.17) is 14.5 Å². The Morgan fingerprint density at radius 3 is 2.52 bits per heavy atom. The molecule has 1 saturated heterocycles. The molecule has 3 rings (SSSR count). The fourth-order valence-corrected chi connectivity index (χ4v) is 4.42. The topological polar surface area (TPSA) is 219 Å². The van der Waals surface area contributed by atoms with Crippen LogP contribution in [0.15, 0.2) is 12.7 Å². The zero-order chi connectivity index (χ0) is 20.7. The molecule has 3 heterocycles. The van der Waals surface area contributed by atoms with Gasteiger partial charge in [0.05, 0.1) is 12.9 Å². The zero-order valence-electron chi connectivity index (χ0n) is 14.5. The van der Waals surface area contributed by atoms with Crippen LogP contribution in [0.2, 0.25) is 0 Å². The van der Waals surface area contributed by atoms with E-state index in [-0.39, 0.29) is 35.2 Å². The number of hydrogen-bond donors (Lipinski definition) is 6. The van der Waals surface area contributed by atoms with Gasteiger partial charge in [-0.25, -0.2) is 24.1 Å². The summed E-state index contributed by atoms with van der Waals surface area (Å²) in [6, 6.07) is 0. The number of halogens is 1. The summed E-state index contributed by atoms with van der Waals surface area (Å²) in [4.78, 5) is 38.5. The molecule has 5 atom stereocenters. The molecule has 1 fully saturated rings. The van der Waals surface area contributed by atoms with Gasteiger partial charge in [0, 0.05) is 45.7 Å². The third-order valence-corrected chi connectivity index (χ3v) is 6.20. The second-order valence-corrected chi connectivity index (χ2v) is 8.75. The van der Waals surface area contributed by atoms with Gasteiger partial charge < -0.3 is 34.0 Å². The molecule has 1 aliphatic rings. The van der Waals surface area contributed by atoms with E-state index in [1.807, 2.05) is 0 Å². The SMILES string of the molecule is O=P(O)(O)OP(=O)(O)OCC1OC(n2cnc3c(NBr)ncnc32)C(O)C1O.[Na]. The molecular formula is C10H14BrN5NaO10P2. The summed E-state index contributed by atoms with van der Waals surface area (Å²) in [5.41, 5.74) is 0.590. The number of aliphatic hydroxyl groups excluding tert-OH is 2. The second-order valence-electron chi connectivity index (χ2n) is 5.52. The minimum atomic E-state index is -5.29. The van der Waals surface area contributed by atoms with E-state index >= 15 is 0 Å². The van der Waals surface area contributed by atoms with Crippen molar-refractivity contribution in [3.63, 3.8) is 0 Å². The van der Waals surface area contributed by atoms with E-state index in [1.165, 1.54) is 17.2 Å². The molecule has 15 nitrogen and oxygen atoms in total. The van der Waals surface area contributed by atoms with Crippen molar-refractivity contribution in [1.29, 1.82) is 0 Å². The second kappa shape index (κ2) is 9.63. The largest absolute Gasteiger partial charge is 0.481 e. The first-order valence-corrected chi connectivity index (χ1v) is 11.1. The molecule has 1 aliphatic heterocycles. The number of rotatable bonds is 7. The maximum atomic E-state index is 11.5. The molecule has 0 bridgehead atoms. The monoisotopic (exact) mass is 528 g/mol. The van der Waals surface area contributed by atoms with Crippen molar-refractivity contribution in [3.05, 3.63) is 12.7 Å². The molecule has 5 unspecified atom stereocenters. The fraction of sp³-hybridized carbons (Fsp3) is 0.500. The smallest absolute Gasteiger partial charge is 0.387 e. The Kier molecular flexibility index (Phi) is 8.38. The Hall–Kier alpha value is -0.0300. The molecule has 2 aromatic rings. The molecule has 2 aromatic heterocycles. The number of ether oxygens (including phenoxy) is 1. The van der Waals surface area contributed by atoms with E-state index in [1.54, 1.807) is 0 Å². The summed E-state index contributed by atoms with van der Waals surface area (Å²) in [6.07, 6.45) is -3.06. The van der Waals surface area contributed by atoms with Crippen molar-refractivity contribution in [3.8, 4) is 0 Å². The molecule has 0 aliphatic carbocycles. The Balaban J connectivity index is 0.00000300. The summed E-state index contributed by atoms with van der Waals surface area (Å²) in [6.45, 7) is -0.807. The molecule has 1 radical (unpaired) electrons. The quantitative estimate of drug-likeness (QED) is 0.144. The number of phosphoric ester groups is 1. The average Bonchev–Trinajstić information content (AvgIpc) is 3.13. The van der Waals surface area contributed by atoms with Crippen LogP contribution in [-0.2, 0) is 22.7 Å². The van der Waals surface area contributed by atoms with E-state index in [2.05, 4.69) is 44.3 Å². The van der Waals surface area contributed by atoms with Gasteiger partial charge in [-0.1, -0.05) is 0 Å². The van der Waals surface area contributed by atoms with Gasteiger partial charge in [-0.2, -0.15) is 4.31 Å². The van der Waals surface area contributed by atoms with Gasteiger partial charge in [0.2, 0.25) is 0 Å². The van der Waals surface area contributed by atoms with Crippen LogP contribution in [0.25, 0.3) is 11.2 Å². The van der Waals surface area contributed by atoms with Crippen LogP contribution in [0, 0.1) is 0 Å². The average molecular weight is 529 g/mol. The number of nitrogens with zero attached hydrogens (tertiary/aromatic N) is 4. The Morgan fingerprint density at radius 2 is 1.90 bits per heavy atom. The van der Waals surface area contributed by atoms with E-state index in [9.17, 15) is 24.2 Å². The molecule has 0 aromatic carbocycles. The maximum Gasteiger partial charge on any atom is 0.481 e. The summed E-state index contributed by atoms with van der Waals surface area (Å²) in [7, 11) is -10.4. The molecule has 0 spiro atoms. The Morgan fingerprint density at radius 1 is 1.21 bits per heavy atom. The number of hydrogen-bond acceptors (Lipinski definition) is 11. The predicted octanol–water partition coefficient (Wildman–Crippen LogP) is -0.987. The maximum absolute atomic E-state index is 11.5. The Bertz CT molecular complexity index is 960. The summed E-state index contributed by atoms with van der Waals surface area (Å²) < 4.78 is 39.6. The fourth-order valence-electron chi connectivity index (χ4n) is 2.53. The third kappa shape index (κ3) is 5.81. The standard InChI is InChI=1S/C10H14BrN5O10P2.Na/c11-15-8-5-9(13-2-12-8)16(3-14-5)10-7(18)6(17)4(25-10)1-24-28(22,23)26-27(19,20)21;/h2-4,6-7,10,17-18H,1H2,(H,22,23)(H,12,13,15)(H2,19,20,21);. The molecular weight excluding hydrogens is 515 g/mol. The van der Waals surface area contributed by atoms with Crippen LogP contribution >= 0.6 is 31.8 Å². The van der Waals surface area contributed by atoms with Crippen molar-refractivity contribution in [2.75, 3.05) is 10.9 Å². The molecule has 0 amide bonds. The minimum Gasteiger partial charge on any atom is -0.387 e. The van der Waals surface area contributed by atoms with Gasteiger partial charge in [-0.3, -0.25) is 9.09 Å². The number of phosphoric acid groups is 2. The van der Waals surface area contributed by atoms with Gasteiger partial charge >= 0.3 is 15.6 Å². The van der Waals surface area contributed by atoms with Crippen molar-refractivity contribution in [1.82, 2.24) is 19.5 Å². The number of nitrogens with one attached hydrogen (secondary N) is 1. The van der Waals surface area contributed by atoms with Gasteiger partial charge in [-0.15, -0.1) is 0 Å². The number of fused-ring (bicyclic) bond motifs is 1. The summed E-state index contributed by atoms with van der Waals surface area (Å²) in [5, 5.41) is 20.4. The molecule has 0 saturated carbocycles. The first-order valence-electron chi connectivity index (χ1n) is 7.32. The molecule has 157 valence electrons. The van der Waals surface area contributed by atoms with Crippen molar-refractivity contribution >= 4 is 78.3 Å². The number of aliphatic hydroxyl groups is 2. The first-order chi connectivity index (χ1) is 13.0. The van der Waals surface area contributed by atoms with Gasteiger partial charge in [0.15, 0.2) is 23.2 Å². The number of imidazole rings is 1. The van der Waals surface area contributed by atoms with E-state index in [0.29, 0.717) is 11.3 Å². The summed E-state index contributed by atoms with van der Waals surface area (Å²) >= 11 is 3.02. The third-order valence-electron chi connectivity index (χ3n) is 3.67. The van der Waals surface area contributed by atoms with Crippen LogP contribution in [0.5, 0.6) is 0 Å². The molecule has 19 heteroatoms. The van der Waals surface area contributed by atoms with Crippen LogP contribution in [0.4, 0.5) is 5.82 Å². The predicted molar refractivity (Wildman–Crippen MR) is 98.5 cm³/mol. The van der Waals surface area contributed by atoms with Crippen molar-refractivity contribution in [2.45, 2.75) is 24.5 Å². The van der Waals surface area contributed by atoms with Crippen LogP contribution in [0.3, 0.4) is 0 Å². The normalized spacial score (nSPS) is 26.8. The number of aromatic nitrogens is 4. The summed E-state index contributed by atoms with van der Waals surface area (Å²) in [5.74, 6) is 0.340. The van der Waals surface area contributed by atoms with Crippen LogP contribution in [-0.4, -0.2) is 98.9 Å². The van der Waals surface area contributed by atoms with Gasteiger partial charge in [-0.05, 0) is 0 Å². The van der Waals surface area contributed by atoms with Crippen molar-refractivity contribution in [2.24, 2.45) is 0 Å². The first kappa shape index (κ1) is 25.2.